The summed E-state index contributed by atoms with van der Waals surface area (Å²) >= 11 is 0. The van der Waals surface area contributed by atoms with Crippen LogP contribution in [0.1, 0.15) is 5.82 Å². The molecule has 0 saturated carbocycles. The zero-order chi connectivity index (χ0) is 13.9. The minimum atomic E-state index is -3.66. The summed E-state index contributed by atoms with van der Waals surface area (Å²) in [5.41, 5.74) is 5.47. The largest absolute Gasteiger partial charge is 0.506 e. The summed E-state index contributed by atoms with van der Waals surface area (Å²) < 4.78 is 26.3. The molecule has 1 heterocycles. The summed E-state index contributed by atoms with van der Waals surface area (Å²) in [7, 11) is -3.66. The molecule has 0 aliphatic carbocycles. The van der Waals surface area contributed by atoms with Crippen LogP contribution in [0.15, 0.2) is 29.4 Å². The highest BCUT2D eigenvalue weighted by Gasteiger charge is 2.14. The summed E-state index contributed by atoms with van der Waals surface area (Å²) in [6, 6.07) is 3.72. The smallest absolute Gasteiger partial charge is 0.240 e. The summed E-state index contributed by atoms with van der Waals surface area (Å²) in [6.45, 7) is 0.179. The summed E-state index contributed by atoms with van der Waals surface area (Å²) in [5, 5.41) is 15.5. The first-order chi connectivity index (χ1) is 8.99. The van der Waals surface area contributed by atoms with Crippen molar-refractivity contribution in [2.45, 2.75) is 11.3 Å². The van der Waals surface area contributed by atoms with E-state index in [0.717, 1.165) is 0 Å². The lowest BCUT2D eigenvalue weighted by Gasteiger charge is -2.07. The molecule has 0 atom stereocenters. The second kappa shape index (κ2) is 5.24. The van der Waals surface area contributed by atoms with Gasteiger partial charge in [-0.05, 0) is 18.2 Å². The van der Waals surface area contributed by atoms with Crippen molar-refractivity contribution in [3.63, 3.8) is 0 Å². The van der Waals surface area contributed by atoms with Crippen LogP contribution in [0.2, 0.25) is 0 Å². The molecule has 0 fully saturated rings. The highest BCUT2D eigenvalue weighted by Crippen LogP contribution is 2.22. The lowest BCUT2D eigenvalue weighted by Crippen LogP contribution is -2.26. The third kappa shape index (κ3) is 3.20. The van der Waals surface area contributed by atoms with Gasteiger partial charge in [-0.15, -0.1) is 0 Å². The molecule has 0 unspecified atom stereocenters. The second-order valence-corrected chi connectivity index (χ2v) is 5.57. The fourth-order valence-electron chi connectivity index (χ4n) is 1.44. The molecule has 9 heteroatoms. The molecule has 1 aromatic carbocycles. The molecule has 5 N–H and O–H groups in total. The number of hydrogen-bond donors (Lipinski definition) is 4. The molecule has 0 amide bonds. The summed E-state index contributed by atoms with van der Waals surface area (Å²) in [5.74, 6) is 0.438. The van der Waals surface area contributed by atoms with Crippen LogP contribution < -0.4 is 10.5 Å². The Bertz CT molecular complexity index is 654. The lowest BCUT2D eigenvalue weighted by atomic mass is 10.3. The van der Waals surface area contributed by atoms with E-state index in [0.29, 0.717) is 12.2 Å². The van der Waals surface area contributed by atoms with Crippen molar-refractivity contribution in [3.8, 4) is 5.75 Å². The van der Waals surface area contributed by atoms with E-state index in [1.807, 2.05) is 0 Å². The molecule has 102 valence electrons. The number of nitrogens with zero attached hydrogens (tertiary/aromatic N) is 2. The Balaban J connectivity index is 2.03. The third-order valence-corrected chi connectivity index (χ3v) is 3.89. The second-order valence-electron chi connectivity index (χ2n) is 3.80. The molecule has 1 aromatic heterocycles. The molecule has 8 nitrogen and oxygen atoms in total. The molecular weight excluding hydrogens is 270 g/mol. The number of aromatic amines is 1. The van der Waals surface area contributed by atoms with E-state index in [-0.39, 0.29) is 22.9 Å². The molecule has 0 spiro atoms. The number of phenolic OH excluding ortho intramolecular Hbond substituents is 1. The average Bonchev–Trinajstić information content (AvgIpc) is 2.85. The number of hydrogen-bond acceptors (Lipinski definition) is 6. The maximum absolute atomic E-state index is 11.9. The highest BCUT2D eigenvalue weighted by atomic mass is 32.2. The SMILES string of the molecule is Nc1cc(S(=O)(=O)NCCc2ncn[nH]2)ccc1O. The minimum absolute atomic E-state index is 0.000342. The van der Waals surface area contributed by atoms with Gasteiger partial charge in [0.2, 0.25) is 10.0 Å². The molecule has 0 bridgehead atoms. The first-order valence-electron chi connectivity index (χ1n) is 5.41. The van der Waals surface area contributed by atoms with Crippen molar-refractivity contribution in [1.29, 1.82) is 0 Å². The van der Waals surface area contributed by atoms with Gasteiger partial charge in [-0.3, -0.25) is 5.10 Å². The van der Waals surface area contributed by atoms with Gasteiger partial charge in [0.25, 0.3) is 0 Å². The molecule has 2 aromatic rings. The Morgan fingerprint density at radius 1 is 1.42 bits per heavy atom. The van der Waals surface area contributed by atoms with Gasteiger partial charge < -0.3 is 10.8 Å². The van der Waals surface area contributed by atoms with Gasteiger partial charge in [-0.25, -0.2) is 18.1 Å². The predicted octanol–water partition coefficient (Wildman–Crippen LogP) is -0.387. The Morgan fingerprint density at radius 3 is 2.84 bits per heavy atom. The number of nitrogens with two attached hydrogens (primary N) is 1. The zero-order valence-electron chi connectivity index (χ0n) is 9.87. The van der Waals surface area contributed by atoms with E-state index in [9.17, 15) is 13.5 Å². The monoisotopic (exact) mass is 283 g/mol. The van der Waals surface area contributed by atoms with Crippen molar-refractivity contribution in [1.82, 2.24) is 19.9 Å². The topological polar surface area (TPSA) is 134 Å². The van der Waals surface area contributed by atoms with Gasteiger partial charge in [-0.2, -0.15) is 5.10 Å². The predicted molar refractivity (Wildman–Crippen MR) is 67.8 cm³/mol. The average molecular weight is 283 g/mol. The van der Waals surface area contributed by atoms with E-state index in [2.05, 4.69) is 19.9 Å². The number of phenols is 1. The summed E-state index contributed by atoms with van der Waals surface area (Å²) in [4.78, 5) is 3.88. The molecular formula is C10H13N5O3S. The Hall–Kier alpha value is -2.13. The van der Waals surface area contributed by atoms with Gasteiger partial charge in [-0.1, -0.05) is 0 Å². The quantitative estimate of drug-likeness (QED) is 0.436. The number of nitrogens with one attached hydrogen (secondary N) is 2. The first-order valence-corrected chi connectivity index (χ1v) is 6.90. The number of sulfonamides is 1. The van der Waals surface area contributed by atoms with Crippen molar-refractivity contribution in [3.05, 3.63) is 30.4 Å². The van der Waals surface area contributed by atoms with Crippen molar-refractivity contribution < 1.29 is 13.5 Å². The van der Waals surface area contributed by atoms with Gasteiger partial charge in [0, 0.05) is 13.0 Å². The Kier molecular flexibility index (Phi) is 3.67. The van der Waals surface area contributed by atoms with Crippen LogP contribution in [0.4, 0.5) is 5.69 Å². The van der Waals surface area contributed by atoms with Crippen molar-refractivity contribution in [2.24, 2.45) is 0 Å². The zero-order valence-corrected chi connectivity index (χ0v) is 10.7. The van der Waals surface area contributed by atoms with Crippen molar-refractivity contribution >= 4 is 15.7 Å². The van der Waals surface area contributed by atoms with Crippen LogP contribution in [0.5, 0.6) is 5.75 Å². The van der Waals surface area contributed by atoms with E-state index in [4.69, 9.17) is 5.73 Å². The van der Waals surface area contributed by atoms with Crippen LogP contribution in [-0.2, 0) is 16.4 Å². The number of aromatic nitrogens is 3. The normalized spacial score (nSPS) is 11.6. The molecule has 0 aliphatic rings. The standard InChI is InChI=1S/C10H13N5O3S/c11-8-5-7(1-2-9(8)16)19(17,18)14-4-3-10-12-6-13-15-10/h1-2,5-6,14,16H,3-4,11H2,(H,12,13,15). The van der Waals surface area contributed by atoms with Crippen LogP contribution in [0.3, 0.4) is 0 Å². The van der Waals surface area contributed by atoms with Gasteiger partial charge in [0.15, 0.2) is 0 Å². The maximum Gasteiger partial charge on any atom is 0.240 e. The van der Waals surface area contributed by atoms with Crippen LogP contribution in [0, 0.1) is 0 Å². The van der Waals surface area contributed by atoms with E-state index >= 15 is 0 Å². The highest BCUT2D eigenvalue weighted by molar-refractivity contribution is 7.89. The van der Waals surface area contributed by atoms with Gasteiger partial charge in [0.05, 0.1) is 10.6 Å². The number of rotatable bonds is 5. The van der Waals surface area contributed by atoms with E-state index < -0.39 is 10.0 Å². The molecule has 19 heavy (non-hydrogen) atoms. The lowest BCUT2D eigenvalue weighted by molar-refractivity contribution is 0.477. The Morgan fingerprint density at radius 2 is 2.21 bits per heavy atom. The number of H-pyrrole nitrogens is 1. The molecule has 2 rings (SSSR count). The van der Waals surface area contributed by atoms with Crippen LogP contribution >= 0.6 is 0 Å². The fourth-order valence-corrected chi connectivity index (χ4v) is 2.50. The van der Waals surface area contributed by atoms with Gasteiger partial charge in [0.1, 0.15) is 17.9 Å². The first kappa shape index (κ1) is 13.3. The van der Waals surface area contributed by atoms with Crippen LogP contribution in [0.25, 0.3) is 0 Å². The van der Waals surface area contributed by atoms with Crippen molar-refractivity contribution in [2.75, 3.05) is 12.3 Å². The number of anilines is 1. The number of aromatic hydroxyl groups is 1. The number of benzene rings is 1. The third-order valence-electron chi connectivity index (χ3n) is 2.43. The van der Waals surface area contributed by atoms with Crippen LogP contribution in [-0.4, -0.2) is 35.3 Å². The maximum atomic E-state index is 11.9. The fraction of sp³-hybridized carbons (Fsp3) is 0.200. The Labute approximate surface area is 109 Å². The van der Waals surface area contributed by atoms with E-state index in [1.165, 1.54) is 24.5 Å². The number of nitrogen functional groups attached to an aromatic ring is 1. The summed E-state index contributed by atoms with van der Waals surface area (Å²) in [6.07, 6.45) is 1.75. The molecule has 0 radical (unpaired) electrons. The minimum Gasteiger partial charge on any atom is -0.506 e. The van der Waals surface area contributed by atoms with Gasteiger partial charge >= 0.3 is 0 Å². The molecule has 0 aliphatic heterocycles. The van der Waals surface area contributed by atoms with E-state index in [1.54, 1.807) is 0 Å². The molecule has 0 saturated heterocycles.